The van der Waals surface area contributed by atoms with E-state index in [1.807, 2.05) is 0 Å². The lowest BCUT2D eigenvalue weighted by Crippen LogP contribution is -2.33. The van der Waals surface area contributed by atoms with Crippen molar-refractivity contribution in [2.24, 2.45) is 0 Å². The highest BCUT2D eigenvalue weighted by Gasteiger charge is 2.09. The third-order valence-corrected chi connectivity index (χ3v) is 2.86. The van der Waals surface area contributed by atoms with Crippen molar-refractivity contribution < 1.29 is 0 Å². The zero-order chi connectivity index (χ0) is 10.5. The molecule has 0 spiro atoms. The van der Waals surface area contributed by atoms with Gasteiger partial charge in [0, 0.05) is 13.1 Å². The molecule has 1 aromatic rings. The number of nitrogens with two attached hydrogens (primary N) is 1. The third-order valence-electron chi connectivity index (χ3n) is 2.86. The molecular weight excluding hydrogens is 190 g/mol. The van der Waals surface area contributed by atoms with Crippen molar-refractivity contribution in [1.29, 1.82) is 0 Å². The molecule has 1 aliphatic rings. The van der Waals surface area contributed by atoms with Crippen LogP contribution in [0.15, 0.2) is 6.20 Å². The number of hydrogen-bond donors (Lipinski definition) is 3. The maximum absolute atomic E-state index is 5.67. The first-order valence-electron chi connectivity index (χ1n) is 5.61. The first-order valence-corrected chi connectivity index (χ1v) is 5.61. The van der Waals surface area contributed by atoms with Gasteiger partial charge in [0.05, 0.1) is 11.9 Å². The molecule has 1 saturated heterocycles. The summed E-state index contributed by atoms with van der Waals surface area (Å²) in [6, 6.07) is 0. The number of likely N-dealkylation sites (tertiary alicyclic amines) is 1. The summed E-state index contributed by atoms with van der Waals surface area (Å²) in [6.07, 6.45) is 5.80. The number of nitrogen functional groups attached to an aromatic ring is 1. The van der Waals surface area contributed by atoms with Crippen LogP contribution in [0.1, 0.15) is 19.3 Å². The van der Waals surface area contributed by atoms with Crippen molar-refractivity contribution in [1.82, 2.24) is 15.1 Å². The quantitative estimate of drug-likeness (QED) is 0.689. The third kappa shape index (κ3) is 2.86. The van der Waals surface area contributed by atoms with Crippen molar-refractivity contribution in [3.05, 3.63) is 6.20 Å². The molecule has 0 atom stereocenters. The maximum Gasteiger partial charge on any atom is 0.142 e. The summed E-state index contributed by atoms with van der Waals surface area (Å²) in [5, 5.41) is 9.85. The summed E-state index contributed by atoms with van der Waals surface area (Å²) in [5.41, 5.74) is 6.57. The number of piperidine rings is 1. The molecule has 15 heavy (non-hydrogen) atoms. The van der Waals surface area contributed by atoms with Gasteiger partial charge in [-0.15, -0.1) is 0 Å². The molecular formula is C10H19N5. The molecule has 0 aromatic carbocycles. The summed E-state index contributed by atoms with van der Waals surface area (Å²) < 4.78 is 0. The van der Waals surface area contributed by atoms with Crippen LogP contribution in [0, 0.1) is 0 Å². The minimum absolute atomic E-state index is 0.619. The number of H-pyrrole nitrogens is 1. The van der Waals surface area contributed by atoms with Crippen LogP contribution in [-0.4, -0.2) is 41.3 Å². The first kappa shape index (κ1) is 10.3. The number of anilines is 2. The average Bonchev–Trinajstić information content (AvgIpc) is 2.66. The molecule has 2 heterocycles. The predicted octanol–water partition coefficient (Wildman–Crippen LogP) is 0.890. The van der Waals surface area contributed by atoms with E-state index in [1.165, 1.54) is 32.4 Å². The molecule has 0 saturated carbocycles. The van der Waals surface area contributed by atoms with E-state index in [1.54, 1.807) is 6.20 Å². The summed E-state index contributed by atoms with van der Waals surface area (Å²) in [7, 11) is 0. The van der Waals surface area contributed by atoms with Gasteiger partial charge in [0.2, 0.25) is 0 Å². The Morgan fingerprint density at radius 2 is 2.20 bits per heavy atom. The summed E-state index contributed by atoms with van der Waals surface area (Å²) >= 11 is 0. The molecule has 0 radical (unpaired) electrons. The van der Waals surface area contributed by atoms with Gasteiger partial charge in [-0.3, -0.25) is 5.10 Å². The van der Waals surface area contributed by atoms with E-state index in [4.69, 9.17) is 5.73 Å². The van der Waals surface area contributed by atoms with Crippen LogP contribution >= 0.6 is 0 Å². The van der Waals surface area contributed by atoms with Gasteiger partial charge in [-0.1, -0.05) is 6.42 Å². The van der Waals surface area contributed by atoms with Gasteiger partial charge in [0.25, 0.3) is 0 Å². The normalized spacial score (nSPS) is 17.9. The Labute approximate surface area is 90.0 Å². The van der Waals surface area contributed by atoms with Crippen LogP contribution in [0.2, 0.25) is 0 Å². The standard InChI is InChI=1S/C10H19N5/c11-10-9(8-13-14-10)12-4-7-15-5-2-1-3-6-15/h8,12H,1-7H2,(H3,11,13,14). The number of rotatable bonds is 4. The van der Waals surface area contributed by atoms with Gasteiger partial charge in [0.15, 0.2) is 0 Å². The molecule has 1 aromatic heterocycles. The van der Waals surface area contributed by atoms with Crippen LogP contribution in [-0.2, 0) is 0 Å². The molecule has 2 rings (SSSR count). The van der Waals surface area contributed by atoms with Crippen molar-refractivity contribution in [3.63, 3.8) is 0 Å². The van der Waals surface area contributed by atoms with Gasteiger partial charge < -0.3 is 16.0 Å². The molecule has 5 heteroatoms. The van der Waals surface area contributed by atoms with E-state index in [2.05, 4.69) is 20.4 Å². The fourth-order valence-corrected chi connectivity index (χ4v) is 1.97. The second-order valence-corrected chi connectivity index (χ2v) is 4.03. The molecule has 1 fully saturated rings. The van der Waals surface area contributed by atoms with Crippen LogP contribution in [0.3, 0.4) is 0 Å². The number of nitrogens with zero attached hydrogens (tertiary/aromatic N) is 2. The Bertz CT molecular complexity index is 290. The number of aromatic nitrogens is 2. The highest BCUT2D eigenvalue weighted by atomic mass is 15.2. The topological polar surface area (TPSA) is 70.0 Å². The molecule has 0 bridgehead atoms. The van der Waals surface area contributed by atoms with E-state index < -0.39 is 0 Å². The SMILES string of the molecule is Nc1[nH]ncc1NCCN1CCCCC1. The van der Waals surface area contributed by atoms with Crippen molar-refractivity contribution in [3.8, 4) is 0 Å². The van der Waals surface area contributed by atoms with Gasteiger partial charge >= 0.3 is 0 Å². The monoisotopic (exact) mass is 209 g/mol. The van der Waals surface area contributed by atoms with E-state index in [0.717, 1.165) is 18.8 Å². The second-order valence-electron chi connectivity index (χ2n) is 4.03. The molecule has 0 unspecified atom stereocenters. The lowest BCUT2D eigenvalue weighted by molar-refractivity contribution is 0.237. The summed E-state index contributed by atoms with van der Waals surface area (Å²) in [4.78, 5) is 2.49. The minimum Gasteiger partial charge on any atom is -0.382 e. The molecule has 0 aliphatic carbocycles. The van der Waals surface area contributed by atoms with Crippen LogP contribution in [0.5, 0.6) is 0 Å². The Morgan fingerprint density at radius 1 is 1.40 bits per heavy atom. The van der Waals surface area contributed by atoms with Crippen LogP contribution in [0.4, 0.5) is 11.5 Å². The Balaban J connectivity index is 1.68. The summed E-state index contributed by atoms with van der Waals surface area (Å²) in [6.45, 7) is 4.50. The highest BCUT2D eigenvalue weighted by molar-refractivity contribution is 5.59. The second kappa shape index (κ2) is 5.02. The average molecular weight is 209 g/mol. The highest BCUT2D eigenvalue weighted by Crippen LogP contribution is 2.12. The van der Waals surface area contributed by atoms with Gasteiger partial charge in [0.1, 0.15) is 5.82 Å². The van der Waals surface area contributed by atoms with E-state index in [9.17, 15) is 0 Å². The Morgan fingerprint density at radius 3 is 2.87 bits per heavy atom. The van der Waals surface area contributed by atoms with E-state index in [-0.39, 0.29) is 0 Å². The van der Waals surface area contributed by atoms with Crippen molar-refractivity contribution in [2.75, 3.05) is 37.2 Å². The largest absolute Gasteiger partial charge is 0.382 e. The molecule has 5 nitrogen and oxygen atoms in total. The van der Waals surface area contributed by atoms with Crippen LogP contribution in [0.25, 0.3) is 0 Å². The molecule has 1 aliphatic heterocycles. The first-order chi connectivity index (χ1) is 7.36. The minimum atomic E-state index is 0.619. The van der Waals surface area contributed by atoms with E-state index in [0.29, 0.717) is 5.82 Å². The molecule has 0 amide bonds. The number of nitrogens with one attached hydrogen (secondary N) is 2. The maximum atomic E-state index is 5.67. The summed E-state index contributed by atoms with van der Waals surface area (Å²) in [5.74, 6) is 0.619. The molecule has 4 N–H and O–H groups in total. The van der Waals surface area contributed by atoms with Crippen molar-refractivity contribution >= 4 is 11.5 Å². The lowest BCUT2D eigenvalue weighted by Gasteiger charge is -2.26. The lowest BCUT2D eigenvalue weighted by atomic mass is 10.1. The number of hydrogen-bond acceptors (Lipinski definition) is 4. The van der Waals surface area contributed by atoms with Crippen LogP contribution < -0.4 is 11.1 Å². The van der Waals surface area contributed by atoms with Gasteiger partial charge in [-0.2, -0.15) is 5.10 Å². The van der Waals surface area contributed by atoms with Crippen molar-refractivity contribution in [2.45, 2.75) is 19.3 Å². The Kier molecular flexibility index (Phi) is 3.45. The van der Waals surface area contributed by atoms with Gasteiger partial charge in [-0.05, 0) is 25.9 Å². The predicted molar refractivity (Wildman–Crippen MR) is 61.8 cm³/mol. The zero-order valence-corrected chi connectivity index (χ0v) is 9.00. The number of aromatic amines is 1. The van der Waals surface area contributed by atoms with Gasteiger partial charge in [-0.25, -0.2) is 0 Å². The fourth-order valence-electron chi connectivity index (χ4n) is 1.97. The fraction of sp³-hybridized carbons (Fsp3) is 0.700. The van der Waals surface area contributed by atoms with E-state index >= 15 is 0 Å². The zero-order valence-electron chi connectivity index (χ0n) is 9.00. The Hall–Kier alpha value is -1.23. The molecule has 84 valence electrons. The smallest absolute Gasteiger partial charge is 0.142 e.